The molecule has 0 spiro atoms. The summed E-state index contributed by atoms with van der Waals surface area (Å²) in [6.45, 7) is 6.09. The average molecular weight is 531 g/mol. The summed E-state index contributed by atoms with van der Waals surface area (Å²) < 4.78 is 16.3. The second kappa shape index (κ2) is 16.9. The summed E-state index contributed by atoms with van der Waals surface area (Å²) in [5.41, 5.74) is 3.37. The molecule has 0 aliphatic carbocycles. The number of methoxy groups -OCH3 is 2. The second-order valence-electron chi connectivity index (χ2n) is 9.46. The van der Waals surface area contributed by atoms with Gasteiger partial charge in [-0.25, -0.2) is 0 Å². The summed E-state index contributed by atoms with van der Waals surface area (Å²) in [5, 5.41) is 2.96. The molecule has 208 valence electrons. The van der Waals surface area contributed by atoms with Crippen molar-refractivity contribution in [3.63, 3.8) is 0 Å². The summed E-state index contributed by atoms with van der Waals surface area (Å²) in [6, 6.07) is 24.0. The number of benzene rings is 3. The van der Waals surface area contributed by atoms with Crippen molar-refractivity contribution >= 4 is 18.1 Å². The smallest absolute Gasteiger partial charge is 0.257 e. The molecule has 0 saturated carbocycles. The SMILES string of the molecule is CCN(CCCCCCNC(=O)COc1ccc(/C=C/c2cc(OC)cc(OC)c2)cc1)Cc1ccccc1. The lowest BCUT2D eigenvalue weighted by atomic mass is 10.1. The van der Waals surface area contributed by atoms with Crippen LogP contribution in [-0.2, 0) is 11.3 Å². The van der Waals surface area contributed by atoms with Crippen LogP contribution >= 0.6 is 0 Å². The van der Waals surface area contributed by atoms with Crippen molar-refractivity contribution in [2.45, 2.75) is 39.2 Å². The summed E-state index contributed by atoms with van der Waals surface area (Å²) in [5.74, 6) is 2.06. The first-order valence-corrected chi connectivity index (χ1v) is 13.8. The maximum atomic E-state index is 12.2. The second-order valence-corrected chi connectivity index (χ2v) is 9.46. The number of nitrogens with zero attached hydrogens (tertiary/aromatic N) is 1. The molecule has 1 N–H and O–H groups in total. The highest BCUT2D eigenvalue weighted by Crippen LogP contribution is 2.24. The van der Waals surface area contributed by atoms with Gasteiger partial charge in [0.25, 0.3) is 5.91 Å². The van der Waals surface area contributed by atoms with Gasteiger partial charge >= 0.3 is 0 Å². The van der Waals surface area contributed by atoms with Crippen LogP contribution in [0.2, 0.25) is 0 Å². The number of carbonyl (C=O) groups is 1. The van der Waals surface area contributed by atoms with Gasteiger partial charge in [0, 0.05) is 19.2 Å². The van der Waals surface area contributed by atoms with Crippen LogP contribution in [0.25, 0.3) is 12.2 Å². The molecule has 0 unspecified atom stereocenters. The van der Waals surface area contributed by atoms with Gasteiger partial charge in [-0.05, 0) is 66.9 Å². The Balaban J connectivity index is 1.28. The Labute approximate surface area is 233 Å². The molecule has 3 aromatic carbocycles. The Hall–Kier alpha value is -3.77. The molecule has 39 heavy (non-hydrogen) atoms. The van der Waals surface area contributed by atoms with E-state index in [0.717, 1.165) is 55.1 Å². The summed E-state index contributed by atoms with van der Waals surface area (Å²) in [7, 11) is 3.27. The van der Waals surface area contributed by atoms with E-state index in [9.17, 15) is 4.79 Å². The third-order valence-corrected chi connectivity index (χ3v) is 6.51. The van der Waals surface area contributed by atoms with E-state index >= 15 is 0 Å². The highest BCUT2D eigenvalue weighted by Gasteiger charge is 2.05. The van der Waals surface area contributed by atoms with Crippen LogP contribution in [0.1, 0.15) is 49.3 Å². The van der Waals surface area contributed by atoms with Crippen molar-refractivity contribution in [3.8, 4) is 17.2 Å². The fourth-order valence-corrected chi connectivity index (χ4v) is 4.23. The molecule has 6 nitrogen and oxygen atoms in total. The Morgan fingerprint density at radius 3 is 2.13 bits per heavy atom. The van der Waals surface area contributed by atoms with Gasteiger partial charge in [0.15, 0.2) is 6.61 Å². The minimum atomic E-state index is -0.0917. The van der Waals surface area contributed by atoms with Crippen molar-refractivity contribution in [1.82, 2.24) is 10.2 Å². The third-order valence-electron chi connectivity index (χ3n) is 6.51. The number of amides is 1. The number of rotatable bonds is 17. The molecule has 0 saturated heterocycles. The van der Waals surface area contributed by atoms with Gasteiger partial charge in [-0.3, -0.25) is 9.69 Å². The molecule has 6 heteroatoms. The van der Waals surface area contributed by atoms with Gasteiger partial charge in [-0.2, -0.15) is 0 Å². The molecule has 0 atom stereocenters. The minimum absolute atomic E-state index is 0.0176. The fraction of sp³-hybridized carbons (Fsp3) is 0.364. The van der Waals surface area contributed by atoms with E-state index in [-0.39, 0.29) is 12.5 Å². The molecule has 3 aromatic rings. The number of unbranched alkanes of at least 4 members (excludes halogenated alkanes) is 3. The molecule has 0 radical (unpaired) electrons. The molecule has 1 amide bonds. The van der Waals surface area contributed by atoms with Gasteiger partial charge in [-0.15, -0.1) is 0 Å². The first-order chi connectivity index (χ1) is 19.1. The van der Waals surface area contributed by atoms with Crippen molar-refractivity contribution in [3.05, 3.63) is 89.5 Å². The third kappa shape index (κ3) is 11.2. The molecule has 3 rings (SSSR count). The van der Waals surface area contributed by atoms with Crippen LogP contribution in [0, 0.1) is 0 Å². The van der Waals surface area contributed by atoms with Crippen LogP contribution in [0.3, 0.4) is 0 Å². The quantitative estimate of drug-likeness (QED) is 0.161. The zero-order valence-electron chi connectivity index (χ0n) is 23.5. The minimum Gasteiger partial charge on any atom is -0.497 e. The van der Waals surface area contributed by atoms with Crippen molar-refractivity contribution in [2.75, 3.05) is 40.5 Å². The van der Waals surface area contributed by atoms with E-state index in [2.05, 4.69) is 47.5 Å². The highest BCUT2D eigenvalue weighted by atomic mass is 16.5. The lowest BCUT2D eigenvalue weighted by Gasteiger charge is -2.20. The Bertz CT molecular complexity index is 1120. The Kier molecular flexibility index (Phi) is 12.9. The van der Waals surface area contributed by atoms with Crippen molar-refractivity contribution < 1.29 is 19.0 Å². The summed E-state index contributed by atoms with van der Waals surface area (Å²) in [4.78, 5) is 14.6. The standard InChI is InChI=1S/C33H42N2O4/c1-4-35(25-28-12-8-7-9-13-28)21-11-6-5-10-20-34-33(36)26-39-30-18-16-27(17-19-30)14-15-29-22-31(37-2)24-32(23-29)38-3/h7-9,12-19,22-24H,4-6,10-11,20-21,25-26H2,1-3H3,(H,34,36)/b15-14+. The monoisotopic (exact) mass is 530 g/mol. The van der Waals surface area contributed by atoms with Gasteiger partial charge in [0.1, 0.15) is 17.2 Å². The van der Waals surface area contributed by atoms with Gasteiger partial charge in [0.05, 0.1) is 14.2 Å². The summed E-state index contributed by atoms with van der Waals surface area (Å²) >= 11 is 0. The topological polar surface area (TPSA) is 60.0 Å². The van der Waals surface area contributed by atoms with Gasteiger partial charge in [0.2, 0.25) is 0 Å². The number of hydrogen-bond acceptors (Lipinski definition) is 5. The number of nitrogens with one attached hydrogen (secondary N) is 1. The summed E-state index contributed by atoms with van der Waals surface area (Å²) in [6.07, 6.45) is 8.45. The predicted molar refractivity (Wildman–Crippen MR) is 159 cm³/mol. The number of hydrogen-bond donors (Lipinski definition) is 1. The van der Waals surface area contributed by atoms with Crippen LogP contribution in [0.4, 0.5) is 0 Å². The maximum absolute atomic E-state index is 12.2. The van der Waals surface area contributed by atoms with E-state index in [1.807, 2.05) is 54.6 Å². The van der Waals surface area contributed by atoms with E-state index < -0.39 is 0 Å². The molecular formula is C33H42N2O4. The first-order valence-electron chi connectivity index (χ1n) is 13.8. The maximum Gasteiger partial charge on any atom is 0.257 e. The van der Waals surface area contributed by atoms with Crippen molar-refractivity contribution in [2.24, 2.45) is 0 Å². The van der Waals surface area contributed by atoms with E-state index in [1.165, 1.54) is 18.4 Å². The zero-order valence-corrected chi connectivity index (χ0v) is 23.5. The molecule has 0 heterocycles. The van der Waals surface area contributed by atoms with E-state index in [0.29, 0.717) is 12.3 Å². The van der Waals surface area contributed by atoms with Crippen LogP contribution in [-0.4, -0.2) is 51.3 Å². The number of ether oxygens (including phenoxy) is 3. The highest BCUT2D eigenvalue weighted by molar-refractivity contribution is 5.77. The van der Waals surface area contributed by atoms with Crippen LogP contribution in [0.15, 0.2) is 72.8 Å². The van der Waals surface area contributed by atoms with E-state index in [1.54, 1.807) is 14.2 Å². The molecule has 0 fully saturated rings. The predicted octanol–water partition coefficient (Wildman–Crippen LogP) is 6.45. The molecule has 0 bridgehead atoms. The Morgan fingerprint density at radius 2 is 1.46 bits per heavy atom. The van der Waals surface area contributed by atoms with Crippen molar-refractivity contribution in [1.29, 1.82) is 0 Å². The van der Waals surface area contributed by atoms with E-state index in [4.69, 9.17) is 14.2 Å². The Morgan fingerprint density at radius 1 is 0.795 bits per heavy atom. The lowest BCUT2D eigenvalue weighted by molar-refractivity contribution is -0.123. The number of carbonyl (C=O) groups excluding carboxylic acids is 1. The van der Waals surface area contributed by atoms with Gasteiger partial charge < -0.3 is 19.5 Å². The van der Waals surface area contributed by atoms with Crippen LogP contribution < -0.4 is 19.5 Å². The molecule has 0 aromatic heterocycles. The molecule has 0 aliphatic rings. The van der Waals surface area contributed by atoms with Gasteiger partial charge in [-0.1, -0.05) is 74.4 Å². The molecule has 0 aliphatic heterocycles. The first kappa shape index (κ1) is 29.8. The average Bonchev–Trinajstić information content (AvgIpc) is 2.98. The zero-order chi connectivity index (χ0) is 27.7. The largest absolute Gasteiger partial charge is 0.497 e. The lowest BCUT2D eigenvalue weighted by Crippen LogP contribution is -2.29. The molecular weight excluding hydrogens is 488 g/mol. The fourth-order valence-electron chi connectivity index (χ4n) is 4.23. The van der Waals surface area contributed by atoms with Crippen LogP contribution in [0.5, 0.6) is 17.2 Å². The normalized spacial score (nSPS) is 11.1.